The second-order valence-corrected chi connectivity index (χ2v) is 10.5. The van der Waals surface area contributed by atoms with Crippen LogP contribution in [0.1, 0.15) is 37.3 Å². The van der Waals surface area contributed by atoms with Crippen LogP contribution < -0.4 is 15.6 Å². The SMILES string of the molecule is Cc1cc(I)ccc1Nc1c(NS(=O)(=O)N(C)C)cn(C2CCCC2)c(=O)c1F. The van der Waals surface area contributed by atoms with Gasteiger partial charge in [-0.2, -0.15) is 17.1 Å². The standard InChI is InChI=1S/C19H24FIN4O3S/c1-12-10-13(21)8-9-15(12)22-18-16(23-29(27,28)24(2)3)11-25(19(26)17(18)20)14-6-4-5-7-14/h8-11,14,22-23H,4-7H2,1-3H3. The summed E-state index contributed by atoms with van der Waals surface area (Å²) in [5.41, 5.74) is 0.500. The molecule has 0 radical (unpaired) electrons. The quantitative estimate of drug-likeness (QED) is 0.550. The lowest BCUT2D eigenvalue weighted by Gasteiger charge is -2.22. The van der Waals surface area contributed by atoms with Gasteiger partial charge in [0.25, 0.3) is 5.56 Å². The van der Waals surface area contributed by atoms with Crippen molar-refractivity contribution in [3.8, 4) is 0 Å². The Morgan fingerprint density at radius 1 is 1.21 bits per heavy atom. The number of rotatable bonds is 6. The minimum absolute atomic E-state index is 0.000602. The molecule has 0 atom stereocenters. The Morgan fingerprint density at radius 2 is 1.86 bits per heavy atom. The average molecular weight is 534 g/mol. The Bertz CT molecular complexity index is 1080. The van der Waals surface area contributed by atoms with Gasteiger partial charge in [-0.05, 0) is 66.1 Å². The van der Waals surface area contributed by atoms with E-state index < -0.39 is 21.6 Å². The van der Waals surface area contributed by atoms with Crippen LogP contribution in [0.3, 0.4) is 0 Å². The molecule has 1 heterocycles. The molecule has 1 aromatic carbocycles. The molecular weight excluding hydrogens is 510 g/mol. The summed E-state index contributed by atoms with van der Waals surface area (Å²) in [4.78, 5) is 12.7. The normalized spacial score (nSPS) is 15.1. The van der Waals surface area contributed by atoms with Crippen molar-refractivity contribution >= 4 is 49.9 Å². The molecule has 10 heteroatoms. The van der Waals surface area contributed by atoms with Crippen LogP contribution in [0.25, 0.3) is 0 Å². The highest BCUT2D eigenvalue weighted by molar-refractivity contribution is 14.1. The van der Waals surface area contributed by atoms with Crippen molar-refractivity contribution in [2.75, 3.05) is 24.1 Å². The predicted molar refractivity (Wildman–Crippen MR) is 122 cm³/mol. The van der Waals surface area contributed by atoms with Crippen molar-refractivity contribution in [1.82, 2.24) is 8.87 Å². The monoisotopic (exact) mass is 534 g/mol. The minimum atomic E-state index is -3.89. The first-order valence-electron chi connectivity index (χ1n) is 9.28. The number of aryl methyl sites for hydroxylation is 1. The van der Waals surface area contributed by atoms with Gasteiger partial charge in [0.15, 0.2) is 0 Å². The van der Waals surface area contributed by atoms with E-state index in [0.29, 0.717) is 5.69 Å². The minimum Gasteiger partial charge on any atom is -0.351 e. The third-order valence-corrected chi connectivity index (χ3v) is 7.18. The van der Waals surface area contributed by atoms with Gasteiger partial charge in [0.2, 0.25) is 5.82 Å². The van der Waals surface area contributed by atoms with E-state index in [0.717, 1.165) is 39.1 Å². The van der Waals surface area contributed by atoms with Crippen LogP contribution in [0.2, 0.25) is 0 Å². The highest BCUT2D eigenvalue weighted by Gasteiger charge is 2.26. The summed E-state index contributed by atoms with van der Waals surface area (Å²) in [6, 6.07) is 5.39. The Kier molecular flexibility index (Phi) is 6.54. The van der Waals surface area contributed by atoms with Crippen molar-refractivity contribution < 1.29 is 12.8 Å². The number of anilines is 3. The van der Waals surface area contributed by atoms with E-state index in [2.05, 4.69) is 32.6 Å². The van der Waals surface area contributed by atoms with Crippen LogP contribution in [0.4, 0.5) is 21.5 Å². The Morgan fingerprint density at radius 3 is 2.45 bits per heavy atom. The number of hydrogen-bond acceptors (Lipinski definition) is 4. The fourth-order valence-electron chi connectivity index (χ4n) is 3.39. The summed E-state index contributed by atoms with van der Waals surface area (Å²) >= 11 is 2.17. The maximum Gasteiger partial charge on any atom is 0.301 e. The molecule has 158 valence electrons. The van der Waals surface area contributed by atoms with Crippen molar-refractivity contribution in [3.05, 3.63) is 49.7 Å². The van der Waals surface area contributed by atoms with Gasteiger partial charge in [0.05, 0.1) is 5.69 Å². The zero-order valence-electron chi connectivity index (χ0n) is 16.5. The molecule has 3 rings (SSSR count). The molecule has 0 aliphatic heterocycles. The van der Waals surface area contributed by atoms with Crippen LogP contribution in [-0.2, 0) is 10.2 Å². The molecular formula is C19H24FIN4O3S. The Labute approximate surface area is 183 Å². The average Bonchev–Trinajstić information content (AvgIpc) is 3.17. The molecule has 1 aromatic heterocycles. The summed E-state index contributed by atoms with van der Waals surface area (Å²) in [5.74, 6) is -1.01. The number of halogens is 2. The van der Waals surface area contributed by atoms with Crippen LogP contribution in [0.15, 0.2) is 29.2 Å². The second-order valence-electron chi connectivity index (χ2n) is 7.36. The Hall–Kier alpha value is -1.66. The van der Waals surface area contributed by atoms with Crippen molar-refractivity contribution in [1.29, 1.82) is 0 Å². The van der Waals surface area contributed by atoms with Gasteiger partial charge in [-0.25, -0.2) is 0 Å². The van der Waals surface area contributed by atoms with Crippen LogP contribution in [0.5, 0.6) is 0 Å². The number of nitrogens with zero attached hydrogens (tertiary/aromatic N) is 2. The molecule has 1 aliphatic rings. The Balaban J connectivity index is 2.14. The second kappa shape index (κ2) is 8.60. The van der Waals surface area contributed by atoms with E-state index in [9.17, 15) is 13.2 Å². The first-order chi connectivity index (χ1) is 13.6. The van der Waals surface area contributed by atoms with Gasteiger partial charge in [-0.3, -0.25) is 9.52 Å². The topological polar surface area (TPSA) is 83.4 Å². The molecule has 7 nitrogen and oxygen atoms in total. The zero-order chi connectivity index (χ0) is 21.3. The smallest absolute Gasteiger partial charge is 0.301 e. The summed E-state index contributed by atoms with van der Waals surface area (Å²) < 4.78 is 45.8. The molecule has 0 saturated heterocycles. The first-order valence-corrected chi connectivity index (χ1v) is 11.8. The maximum atomic E-state index is 15.2. The molecule has 1 fully saturated rings. The van der Waals surface area contributed by atoms with E-state index in [1.54, 1.807) is 6.07 Å². The largest absolute Gasteiger partial charge is 0.351 e. The summed E-state index contributed by atoms with van der Waals surface area (Å²) in [6.45, 7) is 1.85. The molecule has 29 heavy (non-hydrogen) atoms. The molecule has 0 unspecified atom stereocenters. The van der Waals surface area contributed by atoms with E-state index in [4.69, 9.17) is 0 Å². The van der Waals surface area contributed by atoms with Gasteiger partial charge in [-0.1, -0.05) is 12.8 Å². The number of nitrogens with one attached hydrogen (secondary N) is 2. The van der Waals surface area contributed by atoms with Gasteiger partial charge >= 0.3 is 10.2 Å². The summed E-state index contributed by atoms with van der Waals surface area (Å²) in [5, 5.41) is 2.92. The van der Waals surface area contributed by atoms with Crippen molar-refractivity contribution in [2.45, 2.75) is 38.6 Å². The molecule has 0 bridgehead atoms. The summed E-state index contributed by atoms with van der Waals surface area (Å²) in [6.07, 6.45) is 4.86. The fraction of sp³-hybridized carbons (Fsp3) is 0.421. The number of hydrogen-bond donors (Lipinski definition) is 2. The lowest BCUT2D eigenvalue weighted by Crippen LogP contribution is -2.32. The van der Waals surface area contributed by atoms with Crippen LogP contribution >= 0.6 is 22.6 Å². The molecule has 1 aliphatic carbocycles. The van der Waals surface area contributed by atoms with Crippen LogP contribution in [-0.4, -0.2) is 31.4 Å². The van der Waals surface area contributed by atoms with Crippen molar-refractivity contribution in [2.24, 2.45) is 0 Å². The third kappa shape index (κ3) is 4.75. The highest BCUT2D eigenvalue weighted by atomic mass is 127. The van der Waals surface area contributed by atoms with E-state index in [1.807, 2.05) is 19.1 Å². The highest BCUT2D eigenvalue weighted by Crippen LogP contribution is 2.34. The number of aromatic nitrogens is 1. The molecule has 2 aromatic rings. The molecule has 0 spiro atoms. The van der Waals surface area contributed by atoms with Crippen molar-refractivity contribution in [3.63, 3.8) is 0 Å². The zero-order valence-corrected chi connectivity index (χ0v) is 19.5. The molecule has 0 amide bonds. The van der Waals surface area contributed by atoms with E-state index in [1.165, 1.54) is 24.9 Å². The fourth-order valence-corrected chi connectivity index (χ4v) is 4.65. The molecule has 2 N–H and O–H groups in total. The third-order valence-electron chi connectivity index (χ3n) is 5.07. The molecule has 1 saturated carbocycles. The van der Waals surface area contributed by atoms with Gasteiger partial charge in [0.1, 0.15) is 5.69 Å². The van der Waals surface area contributed by atoms with E-state index >= 15 is 4.39 Å². The van der Waals surface area contributed by atoms with Gasteiger partial charge in [0, 0.05) is 35.6 Å². The van der Waals surface area contributed by atoms with E-state index in [-0.39, 0.29) is 17.4 Å². The van der Waals surface area contributed by atoms with Gasteiger partial charge in [-0.15, -0.1) is 0 Å². The van der Waals surface area contributed by atoms with Crippen LogP contribution in [0, 0.1) is 16.3 Å². The summed E-state index contributed by atoms with van der Waals surface area (Å²) in [7, 11) is -1.14. The predicted octanol–water partition coefficient (Wildman–Crippen LogP) is 3.98. The number of benzene rings is 1. The number of pyridine rings is 1. The first kappa shape index (κ1) is 22.0. The lowest BCUT2D eigenvalue weighted by molar-refractivity contribution is 0.478. The van der Waals surface area contributed by atoms with Gasteiger partial charge < -0.3 is 9.88 Å². The lowest BCUT2D eigenvalue weighted by atomic mass is 10.2. The maximum absolute atomic E-state index is 15.2.